The zero-order valence-corrected chi connectivity index (χ0v) is 15.7. The lowest BCUT2D eigenvalue weighted by atomic mass is 10.2. The summed E-state index contributed by atoms with van der Waals surface area (Å²) in [5, 5.41) is 0. The molecule has 0 aliphatic carbocycles. The van der Waals surface area contributed by atoms with Gasteiger partial charge in [0.2, 0.25) is 5.88 Å². The van der Waals surface area contributed by atoms with Crippen molar-refractivity contribution in [1.29, 1.82) is 0 Å². The van der Waals surface area contributed by atoms with Crippen LogP contribution in [0, 0.1) is 0 Å². The van der Waals surface area contributed by atoms with Crippen LogP contribution in [0.2, 0.25) is 0 Å². The van der Waals surface area contributed by atoms with Gasteiger partial charge >= 0.3 is 0 Å². The van der Waals surface area contributed by atoms with Gasteiger partial charge in [0, 0.05) is 38.1 Å². The third-order valence-corrected chi connectivity index (χ3v) is 5.89. The van der Waals surface area contributed by atoms with E-state index in [4.69, 9.17) is 9.15 Å². The number of carbonyl (C=O) groups excluding carboxylic acids is 2. The zero-order chi connectivity index (χ0) is 18.6. The third kappa shape index (κ3) is 3.95. The van der Waals surface area contributed by atoms with Crippen molar-refractivity contribution in [2.45, 2.75) is 12.5 Å². The summed E-state index contributed by atoms with van der Waals surface area (Å²) >= 11 is 1.85. The van der Waals surface area contributed by atoms with Crippen LogP contribution in [0.4, 0.5) is 0 Å². The number of hydrogen-bond acceptors (Lipinski definition) is 6. The highest BCUT2D eigenvalue weighted by Crippen LogP contribution is 2.25. The molecule has 1 unspecified atom stereocenters. The Morgan fingerprint density at radius 2 is 1.89 bits per heavy atom. The number of aromatic nitrogens is 1. The predicted molar refractivity (Wildman–Crippen MR) is 101 cm³/mol. The summed E-state index contributed by atoms with van der Waals surface area (Å²) in [5.41, 5.74) is 0.486. The molecule has 0 spiro atoms. The van der Waals surface area contributed by atoms with E-state index in [9.17, 15) is 9.59 Å². The molecule has 4 rings (SSSR count). The van der Waals surface area contributed by atoms with Gasteiger partial charge in [-0.25, -0.2) is 4.98 Å². The third-order valence-electron chi connectivity index (χ3n) is 4.75. The van der Waals surface area contributed by atoms with Crippen LogP contribution in [0.15, 0.2) is 41.1 Å². The Morgan fingerprint density at radius 1 is 1.11 bits per heavy atom. The Bertz CT molecular complexity index is 797. The second-order valence-electron chi connectivity index (χ2n) is 6.52. The van der Waals surface area contributed by atoms with E-state index in [-0.39, 0.29) is 17.9 Å². The maximum atomic E-state index is 13.0. The number of nitrogens with zero attached hydrogens (tertiary/aromatic N) is 3. The average Bonchev–Trinajstić information content (AvgIpc) is 3.42. The highest BCUT2D eigenvalue weighted by Gasteiger charge is 2.29. The van der Waals surface area contributed by atoms with Gasteiger partial charge in [0.1, 0.15) is 11.7 Å². The molecule has 0 N–H and O–H groups in total. The first-order chi connectivity index (χ1) is 13.2. The molecule has 2 aromatic rings. The molecule has 2 aromatic heterocycles. The Labute approximate surface area is 161 Å². The molecule has 142 valence electrons. The lowest BCUT2D eigenvalue weighted by Crippen LogP contribution is -2.50. The Balaban J connectivity index is 1.40. The smallest absolute Gasteiger partial charge is 0.289 e. The molecule has 8 heteroatoms. The molecular formula is C19H21N3O4S. The number of thioether (sulfide) groups is 1. The molecule has 0 radical (unpaired) electrons. The second-order valence-corrected chi connectivity index (χ2v) is 7.67. The van der Waals surface area contributed by atoms with Crippen molar-refractivity contribution in [2.24, 2.45) is 0 Å². The molecule has 0 aromatic carbocycles. The number of furan rings is 1. The highest BCUT2D eigenvalue weighted by atomic mass is 32.2. The molecule has 2 fully saturated rings. The molecule has 2 aliphatic rings. The van der Waals surface area contributed by atoms with Crippen LogP contribution >= 0.6 is 11.8 Å². The molecule has 1 atom stereocenters. The van der Waals surface area contributed by atoms with Crippen molar-refractivity contribution in [2.75, 3.05) is 37.7 Å². The van der Waals surface area contributed by atoms with Gasteiger partial charge in [0.05, 0.1) is 6.26 Å². The number of amides is 2. The van der Waals surface area contributed by atoms with Crippen molar-refractivity contribution < 1.29 is 18.7 Å². The number of pyridine rings is 1. The van der Waals surface area contributed by atoms with Crippen molar-refractivity contribution in [3.05, 3.63) is 48.0 Å². The molecule has 2 saturated heterocycles. The summed E-state index contributed by atoms with van der Waals surface area (Å²) in [6, 6.07) is 6.85. The summed E-state index contributed by atoms with van der Waals surface area (Å²) in [6.45, 7) is 1.89. The average molecular weight is 387 g/mol. The summed E-state index contributed by atoms with van der Waals surface area (Å²) in [5.74, 6) is 2.49. The van der Waals surface area contributed by atoms with Gasteiger partial charge < -0.3 is 19.0 Å². The normalized spacial score (nSPS) is 19.9. The van der Waals surface area contributed by atoms with Gasteiger partial charge in [-0.15, -0.1) is 0 Å². The Hall–Kier alpha value is -2.48. The summed E-state index contributed by atoms with van der Waals surface area (Å²) in [6.07, 6.45) is 4.22. The van der Waals surface area contributed by atoms with E-state index in [1.54, 1.807) is 40.3 Å². The van der Waals surface area contributed by atoms with E-state index in [1.807, 2.05) is 11.8 Å². The monoisotopic (exact) mass is 387 g/mol. The minimum Gasteiger partial charge on any atom is -0.473 e. The molecule has 27 heavy (non-hydrogen) atoms. The molecule has 2 amide bonds. The van der Waals surface area contributed by atoms with Crippen LogP contribution in [0.1, 0.15) is 27.3 Å². The number of hydrogen-bond donors (Lipinski definition) is 0. The lowest BCUT2D eigenvalue weighted by molar-refractivity contribution is 0.0514. The fourth-order valence-electron chi connectivity index (χ4n) is 3.25. The first-order valence-electron chi connectivity index (χ1n) is 9.04. The van der Waals surface area contributed by atoms with E-state index < -0.39 is 0 Å². The largest absolute Gasteiger partial charge is 0.473 e. The van der Waals surface area contributed by atoms with Crippen LogP contribution in [-0.2, 0) is 0 Å². The van der Waals surface area contributed by atoms with E-state index in [2.05, 4.69) is 4.98 Å². The van der Waals surface area contributed by atoms with E-state index >= 15 is 0 Å². The Kier molecular flexibility index (Phi) is 5.33. The Morgan fingerprint density at radius 3 is 2.56 bits per heavy atom. The van der Waals surface area contributed by atoms with E-state index in [0.29, 0.717) is 43.4 Å². The van der Waals surface area contributed by atoms with Crippen LogP contribution in [-0.4, -0.2) is 70.4 Å². The fraction of sp³-hybridized carbons (Fsp3) is 0.421. The minimum absolute atomic E-state index is 0.103. The van der Waals surface area contributed by atoms with Crippen LogP contribution < -0.4 is 4.74 Å². The number of ether oxygens (including phenoxy) is 1. The number of carbonyl (C=O) groups is 2. The van der Waals surface area contributed by atoms with Gasteiger partial charge in [-0.05, 0) is 36.4 Å². The quantitative estimate of drug-likeness (QED) is 0.800. The van der Waals surface area contributed by atoms with Crippen LogP contribution in [0.25, 0.3) is 0 Å². The molecule has 4 heterocycles. The predicted octanol–water partition coefficient (Wildman–Crippen LogP) is 2.16. The van der Waals surface area contributed by atoms with Gasteiger partial charge in [-0.1, -0.05) is 0 Å². The topological polar surface area (TPSA) is 75.9 Å². The summed E-state index contributed by atoms with van der Waals surface area (Å²) in [7, 11) is 0. The van der Waals surface area contributed by atoms with Gasteiger partial charge in [0.25, 0.3) is 11.8 Å². The van der Waals surface area contributed by atoms with Gasteiger partial charge in [-0.3, -0.25) is 9.59 Å². The van der Waals surface area contributed by atoms with Gasteiger partial charge in [-0.2, -0.15) is 11.8 Å². The summed E-state index contributed by atoms with van der Waals surface area (Å²) < 4.78 is 11.1. The van der Waals surface area contributed by atoms with Gasteiger partial charge in [0.15, 0.2) is 5.76 Å². The standard InChI is InChI=1S/C19H21N3O4S/c23-18(15-3-1-6-20-17(15)26-14-5-12-27-13-14)21-7-9-22(10-8-21)19(24)16-4-2-11-25-16/h1-4,6,11,14H,5,7-10,12-13H2. The first-order valence-corrected chi connectivity index (χ1v) is 10.2. The molecule has 0 saturated carbocycles. The number of piperazine rings is 1. The molecular weight excluding hydrogens is 366 g/mol. The SMILES string of the molecule is O=C(c1ccco1)N1CCN(C(=O)c2cccnc2OC2CCSC2)CC1. The maximum Gasteiger partial charge on any atom is 0.289 e. The van der Waals surface area contributed by atoms with Crippen LogP contribution in [0.5, 0.6) is 5.88 Å². The molecule has 0 bridgehead atoms. The van der Waals surface area contributed by atoms with Crippen molar-refractivity contribution in [3.8, 4) is 5.88 Å². The van der Waals surface area contributed by atoms with Crippen molar-refractivity contribution >= 4 is 23.6 Å². The molecule has 7 nitrogen and oxygen atoms in total. The fourth-order valence-corrected chi connectivity index (χ4v) is 4.34. The number of rotatable bonds is 4. The van der Waals surface area contributed by atoms with Crippen molar-refractivity contribution in [3.63, 3.8) is 0 Å². The molecule has 2 aliphatic heterocycles. The zero-order valence-electron chi connectivity index (χ0n) is 14.9. The van der Waals surface area contributed by atoms with Crippen molar-refractivity contribution in [1.82, 2.24) is 14.8 Å². The lowest BCUT2D eigenvalue weighted by Gasteiger charge is -2.34. The minimum atomic E-state index is -0.142. The van der Waals surface area contributed by atoms with Crippen LogP contribution in [0.3, 0.4) is 0 Å². The first kappa shape index (κ1) is 17.9. The highest BCUT2D eigenvalue weighted by molar-refractivity contribution is 7.99. The van der Waals surface area contributed by atoms with E-state index in [0.717, 1.165) is 17.9 Å². The second kappa shape index (κ2) is 8.04. The summed E-state index contributed by atoms with van der Waals surface area (Å²) in [4.78, 5) is 33.1. The maximum absolute atomic E-state index is 13.0. The van der Waals surface area contributed by atoms with E-state index in [1.165, 1.54) is 6.26 Å².